The molecule has 6 heteroatoms. The third kappa shape index (κ3) is 2.43. The summed E-state index contributed by atoms with van der Waals surface area (Å²) in [6, 6.07) is 2.51. The van der Waals surface area contributed by atoms with Gasteiger partial charge in [0.05, 0.1) is 17.1 Å². The molecule has 0 aliphatic heterocycles. The van der Waals surface area contributed by atoms with Gasteiger partial charge in [0.2, 0.25) is 5.76 Å². The van der Waals surface area contributed by atoms with E-state index in [1.54, 1.807) is 0 Å². The summed E-state index contributed by atoms with van der Waals surface area (Å²) >= 11 is 2.83. The molecule has 0 radical (unpaired) electrons. The van der Waals surface area contributed by atoms with Gasteiger partial charge in [-0.25, -0.2) is 8.78 Å². The molecule has 0 aliphatic carbocycles. The average Bonchev–Trinajstić information content (AvgIpc) is 2.34. The van der Waals surface area contributed by atoms with Gasteiger partial charge >= 0.3 is 5.82 Å². The highest BCUT2D eigenvalue weighted by Gasteiger charge is 2.23. The van der Waals surface area contributed by atoms with E-state index in [9.17, 15) is 8.78 Å². The molecule has 0 fully saturated rings. The SMILES string of the molecule is [C-]#[N+]C([N+]#[C-])=C(OC)c1ccc(Br)c(F)c1F. The minimum absolute atomic E-state index is 0.0404. The number of hydrogen-bond donors (Lipinski definition) is 0. The van der Waals surface area contributed by atoms with Gasteiger partial charge < -0.3 is 4.74 Å². The summed E-state index contributed by atoms with van der Waals surface area (Å²) in [6.45, 7) is 13.5. The van der Waals surface area contributed by atoms with Crippen LogP contribution in [0.25, 0.3) is 15.4 Å². The molecule has 0 amide bonds. The zero-order valence-corrected chi connectivity index (χ0v) is 10.2. The van der Waals surface area contributed by atoms with Crippen LogP contribution < -0.4 is 0 Å². The second-order valence-electron chi connectivity index (χ2n) is 2.80. The maximum absolute atomic E-state index is 13.6. The molecule has 0 saturated heterocycles. The van der Waals surface area contributed by atoms with E-state index in [0.717, 1.165) is 0 Å². The number of benzene rings is 1. The molecule has 0 bridgehead atoms. The molecule has 0 atom stereocenters. The van der Waals surface area contributed by atoms with Crippen molar-refractivity contribution >= 4 is 21.7 Å². The first-order chi connectivity index (χ1) is 8.06. The summed E-state index contributed by atoms with van der Waals surface area (Å²) < 4.78 is 31.7. The maximum atomic E-state index is 13.6. The minimum Gasteiger partial charge on any atom is -0.500 e. The van der Waals surface area contributed by atoms with Crippen LogP contribution in [0.1, 0.15) is 5.56 Å². The molecule has 1 aromatic carbocycles. The van der Waals surface area contributed by atoms with E-state index in [1.165, 1.54) is 19.2 Å². The van der Waals surface area contributed by atoms with Crippen molar-refractivity contribution < 1.29 is 13.5 Å². The van der Waals surface area contributed by atoms with Crippen LogP contribution >= 0.6 is 15.9 Å². The van der Waals surface area contributed by atoms with Gasteiger partial charge in [-0.2, -0.15) is 9.69 Å². The Morgan fingerprint density at radius 3 is 2.29 bits per heavy atom. The largest absolute Gasteiger partial charge is 0.562 e. The van der Waals surface area contributed by atoms with Crippen LogP contribution in [0.3, 0.4) is 0 Å². The maximum Gasteiger partial charge on any atom is 0.562 e. The van der Waals surface area contributed by atoms with E-state index >= 15 is 0 Å². The van der Waals surface area contributed by atoms with E-state index in [1.807, 2.05) is 0 Å². The number of halogens is 3. The summed E-state index contributed by atoms with van der Waals surface area (Å²) in [6.07, 6.45) is 0. The van der Waals surface area contributed by atoms with Gasteiger partial charge in [-0.3, -0.25) is 0 Å². The minimum atomic E-state index is -1.17. The standard InChI is InChI=1S/C11H5BrF2N2O/c1-15-11(16-2)10(17-3)6-4-5-7(12)9(14)8(6)13/h4-5H,3H3. The molecule has 1 rings (SSSR count). The van der Waals surface area contributed by atoms with Crippen molar-refractivity contribution in [1.82, 2.24) is 0 Å². The average molecular weight is 299 g/mol. The van der Waals surface area contributed by atoms with Crippen molar-refractivity contribution in [2.45, 2.75) is 0 Å². The lowest BCUT2D eigenvalue weighted by atomic mass is 10.1. The fraction of sp³-hybridized carbons (Fsp3) is 0.0909. The van der Waals surface area contributed by atoms with Crippen molar-refractivity contribution in [3.05, 3.63) is 62.5 Å². The Morgan fingerprint density at radius 1 is 1.24 bits per heavy atom. The summed E-state index contributed by atoms with van der Waals surface area (Å²) in [7, 11) is 1.19. The number of methoxy groups -OCH3 is 1. The topological polar surface area (TPSA) is 18.0 Å². The second kappa shape index (κ2) is 5.42. The predicted octanol–water partition coefficient (Wildman–Crippen LogP) is 3.84. The van der Waals surface area contributed by atoms with Crippen LogP contribution in [-0.4, -0.2) is 7.11 Å². The van der Waals surface area contributed by atoms with Crippen LogP contribution in [0.5, 0.6) is 0 Å². The zero-order valence-electron chi connectivity index (χ0n) is 8.59. The van der Waals surface area contributed by atoms with Crippen LogP contribution in [0, 0.1) is 24.8 Å². The van der Waals surface area contributed by atoms with Crippen LogP contribution in [0.2, 0.25) is 0 Å². The number of ether oxygens (including phenoxy) is 1. The first-order valence-electron chi connectivity index (χ1n) is 4.23. The van der Waals surface area contributed by atoms with E-state index in [4.69, 9.17) is 17.9 Å². The molecule has 1 aromatic rings. The Labute approximate surface area is 105 Å². The van der Waals surface area contributed by atoms with Crippen molar-refractivity contribution in [1.29, 1.82) is 0 Å². The molecule has 0 heterocycles. The molecule has 0 N–H and O–H groups in total. The lowest BCUT2D eigenvalue weighted by molar-refractivity contribution is 0.363. The third-order valence-corrected chi connectivity index (χ3v) is 2.51. The molecule has 17 heavy (non-hydrogen) atoms. The summed E-state index contributed by atoms with van der Waals surface area (Å²) in [5, 5.41) is 0. The normalized spacial score (nSPS) is 9.06. The summed E-state index contributed by atoms with van der Waals surface area (Å²) in [5.41, 5.74) is -0.254. The third-order valence-electron chi connectivity index (χ3n) is 1.90. The fourth-order valence-electron chi connectivity index (χ4n) is 1.15. The first-order valence-corrected chi connectivity index (χ1v) is 5.03. The van der Waals surface area contributed by atoms with Crippen LogP contribution in [-0.2, 0) is 4.74 Å². The molecule has 0 unspecified atom stereocenters. The van der Waals surface area contributed by atoms with Crippen molar-refractivity contribution in [3.63, 3.8) is 0 Å². The van der Waals surface area contributed by atoms with Gasteiger partial charge in [0.25, 0.3) is 0 Å². The molecular formula is C11H5BrF2N2O. The quantitative estimate of drug-likeness (QED) is 0.461. The van der Waals surface area contributed by atoms with Crippen molar-refractivity contribution in [2.24, 2.45) is 0 Å². The predicted molar refractivity (Wildman–Crippen MR) is 61.2 cm³/mol. The molecule has 0 spiro atoms. The Kier molecular flexibility index (Phi) is 4.19. The van der Waals surface area contributed by atoms with E-state index in [0.29, 0.717) is 0 Å². The molecule has 86 valence electrons. The number of nitrogens with zero attached hydrogens (tertiary/aromatic N) is 2. The molecule has 3 nitrogen and oxygen atoms in total. The van der Waals surface area contributed by atoms with Crippen LogP contribution in [0.4, 0.5) is 8.78 Å². The highest BCUT2D eigenvalue weighted by atomic mass is 79.9. The van der Waals surface area contributed by atoms with E-state index < -0.39 is 17.5 Å². The van der Waals surface area contributed by atoms with Gasteiger partial charge in [0.15, 0.2) is 11.6 Å². The van der Waals surface area contributed by atoms with Crippen molar-refractivity contribution in [2.75, 3.05) is 7.11 Å². The number of rotatable bonds is 2. The number of hydrogen-bond acceptors (Lipinski definition) is 1. The molecule has 0 aromatic heterocycles. The smallest absolute Gasteiger partial charge is 0.500 e. The summed E-state index contributed by atoms with van der Waals surface area (Å²) in [5.74, 6) is -2.99. The second-order valence-corrected chi connectivity index (χ2v) is 3.66. The highest BCUT2D eigenvalue weighted by Crippen LogP contribution is 2.28. The molecule has 0 saturated carbocycles. The van der Waals surface area contributed by atoms with E-state index in [2.05, 4.69) is 25.6 Å². The summed E-state index contributed by atoms with van der Waals surface area (Å²) in [4.78, 5) is 5.79. The Balaban J connectivity index is 3.55. The van der Waals surface area contributed by atoms with Gasteiger partial charge in [0.1, 0.15) is 13.1 Å². The van der Waals surface area contributed by atoms with Crippen LogP contribution in [0.15, 0.2) is 22.4 Å². The Hall–Kier alpha value is -1.92. The lowest BCUT2D eigenvalue weighted by Crippen LogP contribution is -1.98. The first kappa shape index (κ1) is 13.1. The molecular weight excluding hydrogens is 294 g/mol. The monoisotopic (exact) mass is 298 g/mol. The fourth-order valence-corrected chi connectivity index (χ4v) is 1.46. The van der Waals surface area contributed by atoms with Gasteiger partial charge in [0, 0.05) is 0 Å². The Morgan fingerprint density at radius 2 is 1.82 bits per heavy atom. The van der Waals surface area contributed by atoms with E-state index in [-0.39, 0.29) is 15.8 Å². The zero-order chi connectivity index (χ0) is 13.0. The van der Waals surface area contributed by atoms with Gasteiger partial charge in [-0.15, -0.1) is 0 Å². The Bertz CT molecular complexity index is 554. The lowest BCUT2D eigenvalue weighted by Gasteiger charge is -2.06. The van der Waals surface area contributed by atoms with Crippen molar-refractivity contribution in [3.8, 4) is 0 Å². The highest BCUT2D eigenvalue weighted by molar-refractivity contribution is 9.10. The molecule has 0 aliphatic rings. The van der Waals surface area contributed by atoms with Gasteiger partial charge in [-0.1, -0.05) is 0 Å². The van der Waals surface area contributed by atoms with Gasteiger partial charge in [-0.05, 0) is 28.1 Å².